The second-order valence-electron chi connectivity index (χ2n) is 6.33. The molecule has 0 bridgehead atoms. The molecule has 0 radical (unpaired) electrons. The van der Waals surface area contributed by atoms with Gasteiger partial charge in [0.25, 0.3) is 0 Å². The molecule has 1 amide bonds. The van der Waals surface area contributed by atoms with Crippen molar-refractivity contribution in [3.05, 3.63) is 64.7 Å². The van der Waals surface area contributed by atoms with Crippen molar-refractivity contribution >= 4 is 27.5 Å². The van der Waals surface area contributed by atoms with Gasteiger partial charge in [0.05, 0.1) is 21.3 Å². The number of carbonyl (C=O) groups excluding carboxylic acids is 1. The van der Waals surface area contributed by atoms with Crippen LogP contribution in [0.4, 0.5) is 0 Å². The Morgan fingerprint density at radius 3 is 2.88 bits per heavy atom. The number of rotatable bonds is 4. The van der Waals surface area contributed by atoms with Crippen molar-refractivity contribution in [3.63, 3.8) is 0 Å². The third-order valence-corrected chi connectivity index (χ3v) is 5.95. The van der Waals surface area contributed by atoms with Crippen LogP contribution in [0.15, 0.2) is 48.5 Å². The van der Waals surface area contributed by atoms with Crippen LogP contribution in [0.3, 0.4) is 0 Å². The molecule has 2 aromatic carbocycles. The SMILES string of the molecule is CN(C(=O)CCc1nc2ccccc2s1)[C@H]1CCc2ccccc21. The summed E-state index contributed by atoms with van der Waals surface area (Å²) in [6.45, 7) is 0. The summed E-state index contributed by atoms with van der Waals surface area (Å²) >= 11 is 1.69. The highest BCUT2D eigenvalue weighted by molar-refractivity contribution is 7.18. The van der Waals surface area contributed by atoms with Crippen LogP contribution in [-0.2, 0) is 17.6 Å². The van der Waals surface area contributed by atoms with E-state index in [1.54, 1.807) is 11.3 Å². The number of aryl methyl sites for hydroxylation is 2. The van der Waals surface area contributed by atoms with Crippen molar-refractivity contribution in [2.24, 2.45) is 0 Å². The van der Waals surface area contributed by atoms with E-state index in [-0.39, 0.29) is 11.9 Å². The molecule has 0 unspecified atom stereocenters. The Kier molecular flexibility index (Phi) is 4.07. The summed E-state index contributed by atoms with van der Waals surface area (Å²) in [7, 11) is 1.94. The van der Waals surface area contributed by atoms with Gasteiger partial charge in [-0.3, -0.25) is 4.79 Å². The fraction of sp³-hybridized carbons (Fsp3) is 0.300. The van der Waals surface area contributed by atoms with Crippen molar-refractivity contribution < 1.29 is 4.79 Å². The van der Waals surface area contributed by atoms with Crippen LogP contribution >= 0.6 is 11.3 Å². The molecule has 0 spiro atoms. The van der Waals surface area contributed by atoms with E-state index in [4.69, 9.17) is 0 Å². The van der Waals surface area contributed by atoms with Gasteiger partial charge in [-0.2, -0.15) is 0 Å². The van der Waals surface area contributed by atoms with Gasteiger partial charge in [0, 0.05) is 19.9 Å². The van der Waals surface area contributed by atoms with Crippen molar-refractivity contribution in [2.45, 2.75) is 31.7 Å². The number of carbonyl (C=O) groups is 1. The Balaban J connectivity index is 1.43. The first kappa shape index (κ1) is 15.3. The first-order valence-electron chi connectivity index (χ1n) is 8.40. The van der Waals surface area contributed by atoms with Gasteiger partial charge in [-0.25, -0.2) is 4.98 Å². The summed E-state index contributed by atoms with van der Waals surface area (Å²) in [5.41, 5.74) is 3.73. The van der Waals surface area contributed by atoms with Gasteiger partial charge in [-0.05, 0) is 36.1 Å². The van der Waals surface area contributed by atoms with E-state index in [9.17, 15) is 4.79 Å². The predicted octanol–water partition coefficient (Wildman–Crippen LogP) is 4.37. The summed E-state index contributed by atoms with van der Waals surface area (Å²) in [5.74, 6) is 0.205. The highest BCUT2D eigenvalue weighted by Gasteiger charge is 2.28. The summed E-state index contributed by atoms with van der Waals surface area (Å²) in [6, 6.07) is 16.8. The number of thiazole rings is 1. The van der Waals surface area contributed by atoms with Crippen molar-refractivity contribution in [1.29, 1.82) is 0 Å². The molecule has 3 aromatic rings. The fourth-order valence-electron chi connectivity index (χ4n) is 3.53. The quantitative estimate of drug-likeness (QED) is 0.708. The van der Waals surface area contributed by atoms with E-state index in [1.165, 1.54) is 15.8 Å². The smallest absolute Gasteiger partial charge is 0.223 e. The van der Waals surface area contributed by atoms with E-state index in [1.807, 2.05) is 30.1 Å². The standard InChI is InChI=1S/C20H20N2OS/c1-22(17-11-10-14-6-2-3-7-15(14)17)20(23)13-12-19-21-16-8-4-5-9-18(16)24-19/h2-9,17H,10-13H2,1H3/t17-/m0/s1. The lowest BCUT2D eigenvalue weighted by molar-refractivity contribution is -0.132. The highest BCUT2D eigenvalue weighted by Crippen LogP contribution is 2.35. The Hall–Kier alpha value is -2.20. The molecule has 3 nitrogen and oxygen atoms in total. The molecule has 0 aliphatic heterocycles. The van der Waals surface area contributed by atoms with Crippen LogP contribution in [-0.4, -0.2) is 22.8 Å². The van der Waals surface area contributed by atoms with Gasteiger partial charge in [0.1, 0.15) is 0 Å². The summed E-state index contributed by atoms with van der Waals surface area (Å²) in [6.07, 6.45) is 3.34. The number of nitrogens with zero attached hydrogens (tertiary/aromatic N) is 2. The van der Waals surface area contributed by atoms with E-state index < -0.39 is 0 Å². The van der Waals surface area contributed by atoms with E-state index in [0.717, 1.165) is 29.8 Å². The molecule has 122 valence electrons. The Labute approximate surface area is 146 Å². The van der Waals surface area contributed by atoms with E-state index >= 15 is 0 Å². The monoisotopic (exact) mass is 336 g/mol. The normalized spacial score (nSPS) is 16.3. The van der Waals surface area contributed by atoms with Crippen molar-refractivity contribution in [3.8, 4) is 0 Å². The van der Waals surface area contributed by atoms with Gasteiger partial charge in [0.15, 0.2) is 0 Å². The molecular formula is C20H20N2OS. The molecule has 0 N–H and O–H groups in total. The molecule has 1 heterocycles. The van der Waals surface area contributed by atoms with Gasteiger partial charge in [0.2, 0.25) is 5.91 Å². The zero-order valence-electron chi connectivity index (χ0n) is 13.7. The molecule has 1 aliphatic rings. The van der Waals surface area contributed by atoms with Crippen LogP contribution in [0.1, 0.15) is 35.0 Å². The minimum Gasteiger partial charge on any atom is -0.339 e. The van der Waals surface area contributed by atoms with Gasteiger partial charge < -0.3 is 4.90 Å². The van der Waals surface area contributed by atoms with E-state index in [0.29, 0.717) is 6.42 Å². The minimum atomic E-state index is 0.205. The third-order valence-electron chi connectivity index (χ3n) is 4.85. The minimum absolute atomic E-state index is 0.205. The molecule has 1 atom stereocenters. The number of aromatic nitrogens is 1. The number of hydrogen-bond donors (Lipinski definition) is 0. The topological polar surface area (TPSA) is 33.2 Å². The zero-order chi connectivity index (χ0) is 16.5. The molecule has 1 aliphatic carbocycles. The van der Waals surface area contributed by atoms with Crippen LogP contribution in [0, 0.1) is 0 Å². The zero-order valence-corrected chi connectivity index (χ0v) is 14.6. The Morgan fingerprint density at radius 2 is 2.00 bits per heavy atom. The van der Waals surface area contributed by atoms with E-state index in [2.05, 4.69) is 35.3 Å². The molecule has 1 aromatic heterocycles. The molecular weight excluding hydrogens is 316 g/mol. The number of hydrogen-bond acceptors (Lipinski definition) is 3. The average molecular weight is 336 g/mol. The Bertz CT molecular complexity index is 853. The molecule has 0 saturated heterocycles. The summed E-state index contributed by atoms with van der Waals surface area (Å²) in [5, 5.41) is 1.05. The molecule has 4 heteroatoms. The second-order valence-corrected chi connectivity index (χ2v) is 7.45. The maximum Gasteiger partial charge on any atom is 0.223 e. The summed E-state index contributed by atoms with van der Waals surface area (Å²) in [4.78, 5) is 19.2. The fourth-order valence-corrected chi connectivity index (χ4v) is 4.49. The predicted molar refractivity (Wildman–Crippen MR) is 98.2 cm³/mol. The first-order valence-corrected chi connectivity index (χ1v) is 9.22. The Morgan fingerprint density at radius 1 is 1.21 bits per heavy atom. The molecule has 24 heavy (non-hydrogen) atoms. The third kappa shape index (κ3) is 2.82. The molecule has 0 saturated carbocycles. The van der Waals surface area contributed by atoms with Crippen molar-refractivity contribution in [1.82, 2.24) is 9.88 Å². The van der Waals surface area contributed by atoms with Crippen LogP contribution in [0.25, 0.3) is 10.2 Å². The highest BCUT2D eigenvalue weighted by atomic mass is 32.1. The van der Waals surface area contributed by atoms with Gasteiger partial charge >= 0.3 is 0 Å². The lowest BCUT2D eigenvalue weighted by Crippen LogP contribution is -2.30. The number of fused-ring (bicyclic) bond motifs is 2. The molecule has 0 fully saturated rings. The molecule has 4 rings (SSSR count). The number of para-hydroxylation sites is 1. The number of amides is 1. The van der Waals surface area contributed by atoms with Gasteiger partial charge in [-0.1, -0.05) is 36.4 Å². The van der Waals surface area contributed by atoms with Crippen LogP contribution in [0.5, 0.6) is 0 Å². The lowest BCUT2D eigenvalue weighted by Gasteiger charge is -2.25. The maximum absolute atomic E-state index is 12.6. The van der Waals surface area contributed by atoms with Crippen LogP contribution in [0.2, 0.25) is 0 Å². The number of benzene rings is 2. The lowest BCUT2D eigenvalue weighted by atomic mass is 10.1. The first-order chi connectivity index (χ1) is 11.7. The maximum atomic E-state index is 12.6. The van der Waals surface area contributed by atoms with Gasteiger partial charge in [-0.15, -0.1) is 11.3 Å². The second kappa shape index (κ2) is 6.36. The average Bonchev–Trinajstić information content (AvgIpc) is 3.22. The van der Waals surface area contributed by atoms with Crippen LogP contribution < -0.4 is 0 Å². The van der Waals surface area contributed by atoms with Crippen molar-refractivity contribution in [2.75, 3.05) is 7.05 Å². The summed E-state index contributed by atoms with van der Waals surface area (Å²) < 4.78 is 1.19. The largest absolute Gasteiger partial charge is 0.339 e.